The third-order valence-corrected chi connectivity index (χ3v) is 4.58. The van der Waals surface area contributed by atoms with Crippen LogP contribution in [0, 0.1) is 10.1 Å². The van der Waals surface area contributed by atoms with E-state index >= 15 is 0 Å². The fourth-order valence-corrected chi connectivity index (χ4v) is 3.02. The van der Waals surface area contributed by atoms with Gasteiger partial charge in [-0.2, -0.15) is 0 Å². The lowest BCUT2D eigenvalue weighted by molar-refractivity contribution is -0.384. The van der Waals surface area contributed by atoms with Gasteiger partial charge in [0.1, 0.15) is 5.75 Å². The minimum Gasteiger partial charge on any atom is -0.477 e. The molecule has 3 rings (SSSR count). The largest absolute Gasteiger partial charge is 0.477 e. The van der Waals surface area contributed by atoms with Crippen LogP contribution in [0.4, 0.5) is 11.4 Å². The lowest BCUT2D eigenvalue weighted by atomic mass is 10.1. The molecule has 0 saturated heterocycles. The molecule has 10 heteroatoms. The van der Waals surface area contributed by atoms with E-state index in [9.17, 15) is 24.5 Å². The number of hydrogen-bond donors (Lipinski definition) is 2. The molecule has 2 aromatic carbocycles. The van der Waals surface area contributed by atoms with Crippen LogP contribution < -0.4 is 20.3 Å². The monoisotopic (exact) mass is 412 g/mol. The maximum Gasteiger partial charge on any atom is 0.269 e. The summed E-state index contributed by atoms with van der Waals surface area (Å²) in [5.74, 6) is -0.624. The number of hydrogen-bond acceptors (Lipinski definition) is 6. The molecule has 1 aliphatic rings. The molecule has 1 aliphatic heterocycles. The van der Waals surface area contributed by atoms with Crippen LogP contribution in [0.3, 0.4) is 0 Å². The van der Waals surface area contributed by atoms with Crippen LogP contribution in [0.25, 0.3) is 0 Å². The second kappa shape index (κ2) is 9.03. The Morgan fingerprint density at radius 1 is 1.17 bits per heavy atom. The molecule has 0 radical (unpaired) electrons. The zero-order chi connectivity index (χ0) is 21.7. The Balaban J connectivity index is 1.61. The summed E-state index contributed by atoms with van der Waals surface area (Å²) in [7, 11) is 1.49. The molecule has 0 bridgehead atoms. The molecule has 0 aromatic heterocycles. The van der Waals surface area contributed by atoms with E-state index in [2.05, 4.69) is 10.6 Å². The van der Waals surface area contributed by atoms with E-state index in [-0.39, 0.29) is 42.6 Å². The molecule has 1 atom stereocenters. The third kappa shape index (κ3) is 4.54. The molecule has 30 heavy (non-hydrogen) atoms. The Labute approximate surface area is 172 Å². The number of para-hydroxylation sites is 2. The topological polar surface area (TPSA) is 131 Å². The average Bonchev–Trinajstić information content (AvgIpc) is 2.77. The average molecular weight is 412 g/mol. The van der Waals surface area contributed by atoms with Crippen molar-refractivity contribution in [2.45, 2.75) is 12.5 Å². The Morgan fingerprint density at radius 2 is 1.87 bits per heavy atom. The van der Waals surface area contributed by atoms with Gasteiger partial charge >= 0.3 is 0 Å². The number of anilines is 1. The minimum atomic E-state index is -0.830. The summed E-state index contributed by atoms with van der Waals surface area (Å²) in [4.78, 5) is 48.5. The summed E-state index contributed by atoms with van der Waals surface area (Å²) in [6, 6.07) is 12.1. The first-order chi connectivity index (χ1) is 14.4. The summed E-state index contributed by atoms with van der Waals surface area (Å²) in [5.41, 5.74) is 0.701. The van der Waals surface area contributed by atoms with Crippen molar-refractivity contribution in [1.82, 2.24) is 10.6 Å². The van der Waals surface area contributed by atoms with E-state index in [1.807, 2.05) is 0 Å². The van der Waals surface area contributed by atoms with Gasteiger partial charge in [-0.25, -0.2) is 0 Å². The van der Waals surface area contributed by atoms with Gasteiger partial charge in [-0.15, -0.1) is 0 Å². The molecular weight excluding hydrogens is 392 g/mol. The van der Waals surface area contributed by atoms with Gasteiger partial charge < -0.3 is 20.3 Å². The number of non-ortho nitro benzene ring substituents is 1. The number of fused-ring (bicyclic) bond motifs is 1. The van der Waals surface area contributed by atoms with Gasteiger partial charge in [0.2, 0.25) is 5.91 Å². The van der Waals surface area contributed by atoms with Gasteiger partial charge in [0.15, 0.2) is 6.10 Å². The lowest BCUT2D eigenvalue weighted by Gasteiger charge is -2.34. The van der Waals surface area contributed by atoms with Gasteiger partial charge in [0.25, 0.3) is 17.5 Å². The van der Waals surface area contributed by atoms with Gasteiger partial charge in [0, 0.05) is 37.7 Å². The zero-order valence-electron chi connectivity index (χ0n) is 16.2. The fourth-order valence-electron chi connectivity index (χ4n) is 3.02. The van der Waals surface area contributed by atoms with Crippen LogP contribution in [0.15, 0.2) is 48.5 Å². The third-order valence-electron chi connectivity index (χ3n) is 4.58. The Bertz CT molecular complexity index is 976. The molecule has 3 amide bonds. The molecular formula is C20H20N4O6. The van der Waals surface area contributed by atoms with Crippen molar-refractivity contribution in [3.05, 3.63) is 64.2 Å². The van der Waals surface area contributed by atoms with E-state index in [1.165, 1.54) is 36.2 Å². The Kier molecular flexibility index (Phi) is 6.26. The van der Waals surface area contributed by atoms with Gasteiger partial charge in [-0.05, 0) is 24.3 Å². The summed E-state index contributed by atoms with van der Waals surface area (Å²) in [6.07, 6.45) is -0.823. The predicted octanol–water partition coefficient (Wildman–Crippen LogP) is 1.25. The van der Waals surface area contributed by atoms with E-state index in [4.69, 9.17) is 4.74 Å². The highest BCUT2D eigenvalue weighted by atomic mass is 16.6. The highest BCUT2D eigenvalue weighted by molar-refractivity contribution is 5.98. The molecule has 2 N–H and O–H groups in total. The highest BCUT2D eigenvalue weighted by Gasteiger charge is 2.33. The van der Waals surface area contributed by atoms with Gasteiger partial charge in [0.05, 0.1) is 17.2 Å². The number of nitrogens with zero attached hydrogens (tertiary/aromatic N) is 2. The van der Waals surface area contributed by atoms with Crippen molar-refractivity contribution in [1.29, 1.82) is 0 Å². The predicted molar refractivity (Wildman–Crippen MR) is 107 cm³/mol. The number of likely N-dealkylation sites (N-methyl/N-ethyl adjacent to an activating group) is 1. The van der Waals surface area contributed by atoms with E-state index < -0.39 is 16.9 Å². The summed E-state index contributed by atoms with van der Waals surface area (Å²) in [6.45, 7) is 0.130. The van der Waals surface area contributed by atoms with Crippen molar-refractivity contribution >= 4 is 29.1 Å². The number of carbonyl (C=O) groups is 3. The molecule has 0 fully saturated rings. The number of nitro benzene ring substituents is 1. The molecule has 0 unspecified atom stereocenters. The summed E-state index contributed by atoms with van der Waals surface area (Å²) < 4.78 is 5.67. The summed E-state index contributed by atoms with van der Waals surface area (Å²) in [5, 5.41) is 15.8. The molecule has 10 nitrogen and oxygen atoms in total. The second-order valence-electron chi connectivity index (χ2n) is 6.50. The maximum absolute atomic E-state index is 12.8. The second-order valence-corrected chi connectivity index (χ2v) is 6.50. The minimum absolute atomic E-state index is 0.00746. The molecule has 156 valence electrons. The van der Waals surface area contributed by atoms with Gasteiger partial charge in [-0.3, -0.25) is 24.5 Å². The fraction of sp³-hybridized carbons (Fsp3) is 0.250. The highest BCUT2D eigenvalue weighted by Crippen LogP contribution is 2.33. The summed E-state index contributed by atoms with van der Waals surface area (Å²) >= 11 is 0. The van der Waals surface area contributed by atoms with Crippen molar-refractivity contribution < 1.29 is 24.0 Å². The van der Waals surface area contributed by atoms with E-state index in [1.54, 1.807) is 24.3 Å². The molecule has 1 heterocycles. The van der Waals surface area contributed by atoms with Crippen LogP contribution in [-0.2, 0) is 9.59 Å². The number of amides is 3. The van der Waals surface area contributed by atoms with Crippen molar-refractivity contribution in [3.8, 4) is 5.75 Å². The first kappa shape index (κ1) is 20.8. The number of benzene rings is 2. The van der Waals surface area contributed by atoms with Crippen LogP contribution in [0.2, 0.25) is 0 Å². The van der Waals surface area contributed by atoms with Gasteiger partial charge in [-0.1, -0.05) is 12.1 Å². The first-order valence-electron chi connectivity index (χ1n) is 9.21. The Morgan fingerprint density at radius 3 is 2.53 bits per heavy atom. The van der Waals surface area contributed by atoms with Crippen LogP contribution in [0.1, 0.15) is 16.8 Å². The van der Waals surface area contributed by atoms with Crippen LogP contribution in [0.5, 0.6) is 5.75 Å². The maximum atomic E-state index is 12.8. The first-order valence-corrected chi connectivity index (χ1v) is 9.21. The molecule has 0 saturated carbocycles. The Hall–Kier alpha value is -3.95. The lowest BCUT2D eigenvalue weighted by Crippen LogP contribution is -2.50. The van der Waals surface area contributed by atoms with Crippen molar-refractivity contribution in [3.63, 3.8) is 0 Å². The number of ether oxygens (including phenoxy) is 1. The SMILES string of the molecule is CNC(=O)[C@H]1CN(C(=O)CCNC(=O)c2ccc([N+](=O)[O-])cc2)c2ccccc2O1. The number of nitrogens with one attached hydrogen (secondary N) is 2. The van der Waals surface area contributed by atoms with Crippen molar-refractivity contribution in [2.24, 2.45) is 0 Å². The standard InChI is InChI=1S/C20H20N4O6/c1-21-20(27)17-12-23(15-4-2-3-5-16(15)30-17)18(25)10-11-22-19(26)13-6-8-14(9-7-13)24(28)29/h2-9,17H,10-12H2,1H3,(H,21,27)(H,22,26)/t17-/m1/s1. The molecule has 2 aromatic rings. The molecule has 0 spiro atoms. The number of rotatable bonds is 6. The van der Waals surface area contributed by atoms with Crippen LogP contribution >= 0.6 is 0 Å². The number of nitro groups is 1. The van der Waals surface area contributed by atoms with Crippen LogP contribution in [-0.4, -0.2) is 48.9 Å². The number of carbonyl (C=O) groups excluding carboxylic acids is 3. The zero-order valence-corrected chi connectivity index (χ0v) is 16.2. The normalized spacial score (nSPS) is 14.8. The molecule has 0 aliphatic carbocycles. The van der Waals surface area contributed by atoms with Crippen molar-refractivity contribution in [2.75, 3.05) is 25.0 Å². The van der Waals surface area contributed by atoms with E-state index in [0.717, 1.165) is 0 Å². The smallest absolute Gasteiger partial charge is 0.269 e. The van der Waals surface area contributed by atoms with E-state index in [0.29, 0.717) is 11.4 Å². The quantitative estimate of drug-likeness (QED) is 0.542.